The van der Waals surface area contributed by atoms with Crippen molar-refractivity contribution >= 4 is 40.2 Å². The minimum atomic E-state index is -0.420. The molecule has 2 aromatic rings. The molecule has 1 aliphatic carbocycles. The van der Waals surface area contributed by atoms with E-state index in [4.69, 9.17) is 5.26 Å². The van der Waals surface area contributed by atoms with Crippen LogP contribution in [0, 0.1) is 22.7 Å². The number of anilines is 1. The van der Waals surface area contributed by atoms with Crippen LogP contribution in [0.1, 0.15) is 30.1 Å². The summed E-state index contributed by atoms with van der Waals surface area (Å²) < 4.78 is 0. The van der Waals surface area contributed by atoms with E-state index in [1.165, 1.54) is 17.7 Å². The van der Waals surface area contributed by atoms with Gasteiger partial charge in [0.1, 0.15) is 6.04 Å². The van der Waals surface area contributed by atoms with Crippen molar-refractivity contribution in [1.82, 2.24) is 15.2 Å². The zero-order valence-corrected chi connectivity index (χ0v) is 18.3. The molecular weight excluding hydrogens is 410 g/mol. The summed E-state index contributed by atoms with van der Waals surface area (Å²) in [5.41, 5.74) is 2.79. The van der Waals surface area contributed by atoms with Crippen LogP contribution in [0.3, 0.4) is 0 Å². The lowest BCUT2D eigenvalue weighted by Crippen LogP contribution is -2.56. The summed E-state index contributed by atoms with van der Waals surface area (Å²) in [5.74, 6) is 1.43. The maximum atomic E-state index is 12.9. The van der Waals surface area contributed by atoms with Gasteiger partial charge in [-0.05, 0) is 43.0 Å². The van der Waals surface area contributed by atoms with Crippen molar-refractivity contribution in [3.8, 4) is 6.07 Å². The number of pyridine rings is 1. The molecule has 1 N–H and O–H groups in total. The van der Waals surface area contributed by atoms with Gasteiger partial charge in [-0.3, -0.25) is 14.6 Å². The molecular formula is C23H25N5O2S. The molecule has 2 amide bonds. The zero-order chi connectivity index (χ0) is 21.6. The molecule has 1 aromatic heterocycles. The Hall–Kier alpha value is -2.79. The van der Waals surface area contributed by atoms with Crippen molar-refractivity contribution in [2.45, 2.75) is 25.8 Å². The highest BCUT2D eigenvalue weighted by molar-refractivity contribution is 7.99. The lowest BCUT2D eigenvalue weighted by molar-refractivity contribution is -0.129. The Bertz CT molecular complexity index is 1090. The molecule has 0 radical (unpaired) electrons. The minimum absolute atomic E-state index is 0.118. The number of nitrogens with zero attached hydrogens (tertiary/aromatic N) is 4. The number of aromatic nitrogens is 1. The lowest BCUT2D eigenvalue weighted by atomic mass is 9.77. The maximum absolute atomic E-state index is 12.9. The number of carbonyl (C=O) groups is 2. The van der Waals surface area contributed by atoms with Gasteiger partial charge in [0, 0.05) is 41.5 Å². The van der Waals surface area contributed by atoms with Gasteiger partial charge in [0.2, 0.25) is 5.91 Å². The Kier molecular flexibility index (Phi) is 5.01. The second-order valence-corrected chi connectivity index (χ2v) is 10.0. The van der Waals surface area contributed by atoms with E-state index in [9.17, 15) is 9.59 Å². The van der Waals surface area contributed by atoms with Gasteiger partial charge in [0.05, 0.1) is 29.6 Å². The molecule has 5 rings (SSSR count). The van der Waals surface area contributed by atoms with Gasteiger partial charge in [-0.25, -0.2) is 0 Å². The highest BCUT2D eigenvalue weighted by Crippen LogP contribution is 2.51. The Morgan fingerprint density at radius 2 is 2.13 bits per heavy atom. The van der Waals surface area contributed by atoms with E-state index in [1.807, 2.05) is 12.1 Å². The summed E-state index contributed by atoms with van der Waals surface area (Å²) in [5, 5.41) is 12.7. The SMILES string of the molecule is CC1(C2CC2)CN(c2ccc3nccc(C(=O)NCC(=O)N4CSC[C@H]4C#N)c3c2)C1. The molecule has 3 heterocycles. The molecule has 31 heavy (non-hydrogen) atoms. The standard InChI is InChI=1S/C23H25N5O2S/c1-23(15-2-3-15)12-27(13-23)16-4-5-20-19(8-16)18(6-7-25-20)22(30)26-10-21(29)28-14-31-11-17(28)9-24/h4-8,15,17H,2-3,10-14H2,1H3,(H,26,30)/t17-/m1/s1. The molecule has 0 bridgehead atoms. The summed E-state index contributed by atoms with van der Waals surface area (Å²) >= 11 is 1.55. The third-order valence-corrected chi connectivity index (χ3v) is 7.77. The molecule has 2 saturated heterocycles. The minimum Gasteiger partial charge on any atom is -0.370 e. The van der Waals surface area contributed by atoms with E-state index in [2.05, 4.69) is 34.3 Å². The number of fused-ring (bicyclic) bond motifs is 1. The lowest BCUT2D eigenvalue weighted by Gasteiger charge is -2.50. The smallest absolute Gasteiger partial charge is 0.252 e. The number of carbonyl (C=O) groups excluding carboxylic acids is 2. The first-order chi connectivity index (χ1) is 15.0. The summed E-state index contributed by atoms with van der Waals surface area (Å²) in [6.45, 7) is 4.35. The van der Waals surface area contributed by atoms with Crippen molar-refractivity contribution < 1.29 is 9.59 Å². The number of hydrogen-bond donors (Lipinski definition) is 1. The highest BCUT2D eigenvalue weighted by atomic mass is 32.2. The van der Waals surface area contributed by atoms with Crippen LogP contribution >= 0.6 is 11.8 Å². The third kappa shape index (κ3) is 3.72. The molecule has 1 atom stereocenters. The van der Waals surface area contributed by atoms with Gasteiger partial charge in [0.15, 0.2) is 0 Å². The Morgan fingerprint density at radius 3 is 2.87 bits per heavy atom. The van der Waals surface area contributed by atoms with Crippen LogP contribution < -0.4 is 10.2 Å². The van der Waals surface area contributed by atoms with E-state index in [0.29, 0.717) is 22.6 Å². The van der Waals surface area contributed by atoms with Crippen LogP contribution in [0.25, 0.3) is 10.9 Å². The molecule has 2 aliphatic heterocycles. The van der Waals surface area contributed by atoms with E-state index in [0.717, 1.165) is 35.6 Å². The van der Waals surface area contributed by atoms with E-state index < -0.39 is 6.04 Å². The van der Waals surface area contributed by atoms with Gasteiger partial charge in [-0.15, -0.1) is 11.8 Å². The van der Waals surface area contributed by atoms with Gasteiger partial charge in [-0.2, -0.15) is 5.26 Å². The van der Waals surface area contributed by atoms with Crippen molar-refractivity contribution in [1.29, 1.82) is 5.26 Å². The predicted octanol–water partition coefficient (Wildman–Crippen LogP) is 2.63. The van der Waals surface area contributed by atoms with Crippen LogP contribution in [0.2, 0.25) is 0 Å². The quantitative estimate of drug-likeness (QED) is 0.777. The first-order valence-corrected chi connectivity index (χ1v) is 11.8. The molecule has 0 unspecified atom stereocenters. The first kappa shape index (κ1) is 20.1. The summed E-state index contributed by atoms with van der Waals surface area (Å²) in [4.78, 5) is 33.6. The second-order valence-electron chi connectivity index (χ2n) is 9.04. The largest absolute Gasteiger partial charge is 0.370 e. The van der Waals surface area contributed by atoms with Crippen molar-refractivity contribution in [2.24, 2.45) is 11.3 Å². The van der Waals surface area contributed by atoms with Crippen LogP contribution in [0.15, 0.2) is 30.5 Å². The number of nitriles is 1. The topological polar surface area (TPSA) is 89.3 Å². The predicted molar refractivity (Wildman–Crippen MR) is 121 cm³/mol. The summed E-state index contributed by atoms with van der Waals surface area (Å²) in [6, 6.07) is 9.48. The third-order valence-electron chi connectivity index (χ3n) is 6.75. The molecule has 160 valence electrons. The summed E-state index contributed by atoms with van der Waals surface area (Å²) in [7, 11) is 0. The Labute approximate surface area is 185 Å². The Morgan fingerprint density at radius 1 is 1.32 bits per heavy atom. The number of rotatable bonds is 5. The number of benzene rings is 1. The fourth-order valence-electron chi connectivity index (χ4n) is 4.72. The van der Waals surface area contributed by atoms with Crippen molar-refractivity contribution in [2.75, 3.05) is 36.2 Å². The summed E-state index contributed by atoms with van der Waals surface area (Å²) in [6.07, 6.45) is 4.32. The molecule has 1 aromatic carbocycles. The van der Waals surface area contributed by atoms with Crippen LogP contribution in [-0.2, 0) is 4.79 Å². The normalized spacial score (nSPS) is 22.1. The van der Waals surface area contributed by atoms with E-state index in [1.54, 1.807) is 24.0 Å². The van der Waals surface area contributed by atoms with Crippen LogP contribution in [-0.4, -0.2) is 59.0 Å². The van der Waals surface area contributed by atoms with Crippen LogP contribution in [0.5, 0.6) is 0 Å². The van der Waals surface area contributed by atoms with Gasteiger partial charge in [-0.1, -0.05) is 6.92 Å². The fraction of sp³-hybridized carbons (Fsp3) is 0.478. The number of hydrogen-bond acceptors (Lipinski definition) is 6. The molecule has 8 heteroatoms. The van der Waals surface area contributed by atoms with E-state index >= 15 is 0 Å². The van der Waals surface area contributed by atoms with Crippen LogP contribution in [0.4, 0.5) is 5.69 Å². The van der Waals surface area contributed by atoms with Gasteiger partial charge < -0.3 is 15.1 Å². The first-order valence-electron chi connectivity index (χ1n) is 10.7. The Balaban J connectivity index is 1.30. The van der Waals surface area contributed by atoms with Gasteiger partial charge >= 0.3 is 0 Å². The fourth-order valence-corrected chi connectivity index (χ4v) is 5.83. The zero-order valence-electron chi connectivity index (χ0n) is 17.5. The van der Waals surface area contributed by atoms with E-state index in [-0.39, 0.29) is 18.4 Å². The molecule has 3 aliphatic rings. The molecule has 0 spiro atoms. The molecule has 7 nitrogen and oxygen atoms in total. The number of amides is 2. The number of nitrogens with one attached hydrogen (secondary N) is 1. The van der Waals surface area contributed by atoms with Crippen molar-refractivity contribution in [3.05, 3.63) is 36.0 Å². The molecule has 3 fully saturated rings. The van der Waals surface area contributed by atoms with Crippen molar-refractivity contribution in [3.63, 3.8) is 0 Å². The van der Waals surface area contributed by atoms with Gasteiger partial charge in [0.25, 0.3) is 5.91 Å². The maximum Gasteiger partial charge on any atom is 0.252 e. The second kappa shape index (κ2) is 7.72. The number of thioether (sulfide) groups is 1. The highest BCUT2D eigenvalue weighted by Gasteiger charge is 2.49. The average molecular weight is 436 g/mol. The molecule has 1 saturated carbocycles. The average Bonchev–Trinajstić information content (AvgIpc) is 3.51. The monoisotopic (exact) mass is 435 g/mol.